The molecule has 10 aromatic carbocycles. The molecule has 0 aliphatic carbocycles. The van der Waals surface area contributed by atoms with Crippen molar-refractivity contribution in [3.8, 4) is 44.5 Å². The van der Waals surface area contributed by atoms with Gasteiger partial charge in [-0.05, 0) is 123 Å². The van der Waals surface area contributed by atoms with Gasteiger partial charge in [-0.2, -0.15) is 0 Å². The molecule has 0 N–H and O–H groups in total. The zero-order valence-corrected chi connectivity index (χ0v) is 29.5. The fourth-order valence-electron chi connectivity index (χ4n) is 8.68. The minimum absolute atomic E-state index is 1.02. The van der Waals surface area contributed by atoms with Crippen molar-refractivity contribution in [3.05, 3.63) is 200 Å². The lowest BCUT2D eigenvalue weighted by Gasteiger charge is -2.18. The van der Waals surface area contributed by atoms with Crippen molar-refractivity contribution >= 4 is 64.8 Å². The van der Waals surface area contributed by atoms with Gasteiger partial charge >= 0.3 is 0 Å². The van der Waals surface area contributed by atoms with Gasteiger partial charge in [-0.1, -0.05) is 164 Å². The van der Waals surface area contributed by atoms with Crippen LogP contribution in [0.2, 0.25) is 0 Å². The number of fused-ring (bicyclic) bond motifs is 8. The van der Waals surface area contributed by atoms with Gasteiger partial charge in [0.15, 0.2) is 0 Å². The Labute approximate surface area is 313 Å². The molecular formula is C53H33N. The minimum atomic E-state index is 1.02. The van der Waals surface area contributed by atoms with Crippen LogP contribution in [0.1, 0.15) is 0 Å². The van der Waals surface area contributed by atoms with E-state index in [-0.39, 0.29) is 0 Å². The fraction of sp³-hybridized carbons (Fsp3) is 0. The molecule has 1 aromatic heterocycles. The fourth-order valence-corrected chi connectivity index (χ4v) is 8.68. The third-order valence-electron chi connectivity index (χ3n) is 11.2. The van der Waals surface area contributed by atoms with Gasteiger partial charge in [0.2, 0.25) is 0 Å². The summed E-state index contributed by atoms with van der Waals surface area (Å²) in [7, 11) is 0. The number of rotatable bonds is 4. The molecule has 0 saturated heterocycles. The molecule has 0 unspecified atom stereocenters. The Bertz CT molecular complexity index is 2970. The van der Waals surface area contributed by atoms with Crippen LogP contribution in [0.5, 0.6) is 0 Å². The van der Waals surface area contributed by atoms with E-state index in [9.17, 15) is 0 Å². The summed E-state index contributed by atoms with van der Waals surface area (Å²) in [6.07, 6.45) is 1.93. The Hall–Kier alpha value is -7.09. The minimum Gasteiger partial charge on any atom is -0.256 e. The largest absolute Gasteiger partial charge is 0.256 e. The molecule has 1 heteroatoms. The Morgan fingerprint density at radius 1 is 0.241 bits per heavy atom. The van der Waals surface area contributed by atoms with Crippen molar-refractivity contribution in [3.63, 3.8) is 0 Å². The maximum Gasteiger partial charge on any atom is 0.0792 e. The molecule has 0 aliphatic heterocycles. The third-order valence-corrected chi connectivity index (χ3v) is 11.2. The summed E-state index contributed by atoms with van der Waals surface area (Å²) in [5.74, 6) is 0. The van der Waals surface area contributed by atoms with E-state index in [2.05, 4.69) is 194 Å². The Kier molecular flexibility index (Phi) is 6.93. The van der Waals surface area contributed by atoms with Crippen LogP contribution in [-0.2, 0) is 0 Å². The van der Waals surface area contributed by atoms with E-state index in [1.54, 1.807) is 0 Å². The van der Waals surface area contributed by atoms with Gasteiger partial charge in [-0.25, -0.2) is 0 Å². The van der Waals surface area contributed by atoms with Crippen molar-refractivity contribution in [2.24, 2.45) is 0 Å². The highest BCUT2D eigenvalue weighted by Crippen LogP contribution is 2.44. The molecule has 0 fully saturated rings. The van der Waals surface area contributed by atoms with Gasteiger partial charge in [0.1, 0.15) is 0 Å². The molecule has 0 aliphatic rings. The number of hydrogen-bond acceptors (Lipinski definition) is 1. The molecule has 0 atom stereocenters. The summed E-state index contributed by atoms with van der Waals surface area (Å²) in [4.78, 5) is 5.10. The Morgan fingerprint density at radius 3 is 1.13 bits per heavy atom. The molecule has 11 aromatic rings. The van der Waals surface area contributed by atoms with Crippen LogP contribution in [0, 0.1) is 0 Å². The van der Waals surface area contributed by atoms with Crippen molar-refractivity contribution in [1.29, 1.82) is 0 Å². The van der Waals surface area contributed by atoms with Crippen LogP contribution < -0.4 is 0 Å². The zero-order chi connectivity index (χ0) is 35.6. The molecule has 0 bridgehead atoms. The van der Waals surface area contributed by atoms with Gasteiger partial charge in [-0.15, -0.1) is 0 Å². The lowest BCUT2D eigenvalue weighted by molar-refractivity contribution is 1.42. The molecule has 11 rings (SSSR count). The molecule has 250 valence electrons. The van der Waals surface area contributed by atoms with E-state index < -0.39 is 0 Å². The smallest absolute Gasteiger partial charge is 0.0792 e. The predicted molar refractivity (Wildman–Crippen MR) is 231 cm³/mol. The SMILES string of the molecule is c1ccc(-c2ccc3c(ccc4cc(-c5c6ccccc6c(-c6ccc7c(ccc8cc(-c9ccccc9)ccc87)c6)c6ncccc56)ccc43)c2)cc1. The van der Waals surface area contributed by atoms with Gasteiger partial charge in [0.05, 0.1) is 5.52 Å². The van der Waals surface area contributed by atoms with Crippen LogP contribution in [0.25, 0.3) is 109 Å². The van der Waals surface area contributed by atoms with Crippen LogP contribution in [0.15, 0.2) is 200 Å². The van der Waals surface area contributed by atoms with E-state index in [0.29, 0.717) is 0 Å². The predicted octanol–water partition coefficient (Wildman–Crippen LogP) is 14.7. The topological polar surface area (TPSA) is 12.9 Å². The monoisotopic (exact) mass is 683 g/mol. The third kappa shape index (κ3) is 4.90. The van der Waals surface area contributed by atoms with Crippen LogP contribution in [-0.4, -0.2) is 4.98 Å². The molecular weight excluding hydrogens is 651 g/mol. The summed E-state index contributed by atoms with van der Waals surface area (Å²) in [5.41, 5.74) is 10.7. The number of aromatic nitrogens is 1. The quantitative estimate of drug-likeness (QED) is 0.133. The number of pyridine rings is 1. The second-order valence-electron chi connectivity index (χ2n) is 14.3. The summed E-state index contributed by atoms with van der Waals surface area (Å²) in [6, 6.07) is 71.0. The summed E-state index contributed by atoms with van der Waals surface area (Å²) >= 11 is 0. The summed E-state index contributed by atoms with van der Waals surface area (Å²) in [6.45, 7) is 0. The molecule has 54 heavy (non-hydrogen) atoms. The number of nitrogens with zero attached hydrogens (tertiary/aromatic N) is 1. The lowest BCUT2D eigenvalue weighted by atomic mass is 9.86. The number of benzene rings is 10. The first-order valence-electron chi connectivity index (χ1n) is 18.6. The summed E-state index contributed by atoms with van der Waals surface area (Å²) < 4.78 is 0. The van der Waals surface area contributed by atoms with Crippen LogP contribution >= 0.6 is 0 Å². The van der Waals surface area contributed by atoms with E-state index in [4.69, 9.17) is 4.98 Å². The first-order valence-corrected chi connectivity index (χ1v) is 18.6. The zero-order valence-electron chi connectivity index (χ0n) is 29.5. The second kappa shape index (κ2) is 12.3. The van der Waals surface area contributed by atoms with E-state index >= 15 is 0 Å². The average molecular weight is 684 g/mol. The Morgan fingerprint density at radius 2 is 0.630 bits per heavy atom. The van der Waals surface area contributed by atoms with Gasteiger partial charge in [0, 0.05) is 17.1 Å². The van der Waals surface area contributed by atoms with Crippen molar-refractivity contribution in [2.75, 3.05) is 0 Å². The van der Waals surface area contributed by atoms with Crippen molar-refractivity contribution in [2.45, 2.75) is 0 Å². The maximum absolute atomic E-state index is 5.10. The lowest BCUT2D eigenvalue weighted by Crippen LogP contribution is -1.93. The highest BCUT2D eigenvalue weighted by Gasteiger charge is 2.18. The van der Waals surface area contributed by atoms with Crippen LogP contribution in [0.4, 0.5) is 0 Å². The van der Waals surface area contributed by atoms with Crippen molar-refractivity contribution < 1.29 is 0 Å². The van der Waals surface area contributed by atoms with Crippen molar-refractivity contribution in [1.82, 2.24) is 4.98 Å². The van der Waals surface area contributed by atoms with E-state index in [0.717, 1.165) is 10.9 Å². The van der Waals surface area contributed by atoms with Gasteiger partial charge in [-0.3, -0.25) is 4.98 Å². The van der Waals surface area contributed by atoms with Gasteiger partial charge < -0.3 is 0 Å². The van der Waals surface area contributed by atoms with Crippen LogP contribution in [0.3, 0.4) is 0 Å². The van der Waals surface area contributed by atoms with E-state index in [1.807, 2.05) is 6.20 Å². The normalized spacial score (nSPS) is 11.7. The molecule has 0 radical (unpaired) electrons. The first kappa shape index (κ1) is 30.5. The highest BCUT2D eigenvalue weighted by molar-refractivity contribution is 6.22. The molecule has 1 heterocycles. The molecule has 0 amide bonds. The number of hydrogen-bond donors (Lipinski definition) is 0. The average Bonchev–Trinajstić information content (AvgIpc) is 3.25. The molecule has 0 spiro atoms. The van der Waals surface area contributed by atoms with Gasteiger partial charge in [0.25, 0.3) is 0 Å². The Balaban J connectivity index is 1.06. The molecule has 1 nitrogen and oxygen atoms in total. The van der Waals surface area contributed by atoms with E-state index in [1.165, 1.54) is 98.4 Å². The highest BCUT2D eigenvalue weighted by atomic mass is 14.7. The second-order valence-corrected chi connectivity index (χ2v) is 14.3. The standard InChI is InChI=1S/C53H33N/c1-3-10-34(11-4-1)36-21-25-44-38(30-36)17-19-40-32-42(23-27-46(40)44)51-48-14-7-8-15-49(48)52(53-50(51)16-9-29-54-53)43-24-28-47-41(33-43)20-18-39-31-37(22-26-45(39)47)35-12-5-2-6-13-35/h1-33H. The maximum atomic E-state index is 5.10. The summed E-state index contributed by atoms with van der Waals surface area (Å²) in [5, 5.41) is 13.6. The molecule has 0 saturated carbocycles. The first-order chi connectivity index (χ1) is 26.8.